The van der Waals surface area contributed by atoms with E-state index in [1.165, 1.54) is 11.8 Å². The van der Waals surface area contributed by atoms with Gasteiger partial charge in [0, 0.05) is 12.1 Å². The fraction of sp³-hybridized carbons (Fsp3) is 0.300. The molecule has 1 atom stereocenters. The van der Waals surface area contributed by atoms with E-state index in [9.17, 15) is 4.79 Å². The van der Waals surface area contributed by atoms with E-state index in [0.717, 1.165) is 22.4 Å². The zero-order chi connectivity index (χ0) is 19.2. The lowest BCUT2D eigenvalue weighted by Crippen LogP contribution is -2.35. The average molecular weight is 385 g/mol. The van der Waals surface area contributed by atoms with Gasteiger partial charge < -0.3 is 19.4 Å². The maximum Gasteiger partial charge on any atom is 0.257 e. The SMILES string of the molecule is COc1ccccc1C(CNC(=O)CSc1nc2ccccc2o1)N(C)C. The fourth-order valence-electron chi connectivity index (χ4n) is 2.81. The molecular weight excluding hydrogens is 362 g/mol. The molecule has 1 amide bonds. The molecule has 6 nitrogen and oxygen atoms in total. The summed E-state index contributed by atoms with van der Waals surface area (Å²) >= 11 is 1.29. The van der Waals surface area contributed by atoms with Crippen LogP contribution in [0.15, 0.2) is 58.2 Å². The number of carbonyl (C=O) groups is 1. The first-order valence-electron chi connectivity index (χ1n) is 8.63. The first-order valence-corrected chi connectivity index (χ1v) is 9.61. The quantitative estimate of drug-likeness (QED) is 0.600. The van der Waals surface area contributed by atoms with Gasteiger partial charge in [0.25, 0.3) is 5.22 Å². The van der Waals surface area contributed by atoms with Crippen molar-refractivity contribution in [3.05, 3.63) is 54.1 Å². The van der Waals surface area contributed by atoms with Crippen LogP contribution in [0.3, 0.4) is 0 Å². The first kappa shape index (κ1) is 19.3. The molecule has 1 N–H and O–H groups in total. The van der Waals surface area contributed by atoms with Gasteiger partial charge in [-0.1, -0.05) is 42.1 Å². The van der Waals surface area contributed by atoms with Crippen LogP contribution in [-0.2, 0) is 4.79 Å². The minimum Gasteiger partial charge on any atom is -0.496 e. The number of carbonyl (C=O) groups excluding carboxylic acids is 1. The predicted octanol–water partition coefficient (Wildman–Crippen LogP) is 3.35. The number of aromatic nitrogens is 1. The van der Waals surface area contributed by atoms with Gasteiger partial charge in [-0.3, -0.25) is 4.79 Å². The van der Waals surface area contributed by atoms with Crippen LogP contribution in [0.5, 0.6) is 5.75 Å². The highest BCUT2D eigenvalue weighted by Crippen LogP contribution is 2.27. The van der Waals surface area contributed by atoms with E-state index in [2.05, 4.69) is 15.2 Å². The molecular formula is C20H23N3O3S. The number of nitrogens with zero attached hydrogens (tertiary/aromatic N) is 2. The highest BCUT2D eigenvalue weighted by molar-refractivity contribution is 7.99. The number of benzene rings is 2. The monoisotopic (exact) mass is 385 g/mol. The van der Waals surface area contributed by atoms with E-state index in [1.54, 1.807) is 7.11 Å². The topological polar surface area (TPSA) is 67.6 Å². The minimum atomic E-state index is -0.0657. The Balaban J connectivity index is 1.57. The number of nitrogens with one attached hydrogen (secondary N) is 1. The molecule has 0 bridgehead atoms. The molecule has 3 aromatic rings. The summed E-state index contributed by atoms with van der Waals surface area (Å²) in [5.41, 5.74) is 2.56. The molecule has 142 valence electrons. The van der Waals surface area contributed by atoms with Crippen LogP contribution >= 0.6 is 11.8 Å². The maximum atomic E-state index is 12.3. The Labute approximate surface area is 162 Å². The van der Waals surface area contributed by atoms with Crippen LogP contribution < -0.4 is 10.1 Å². The number of fused-ring (bicyclic) bond motifs is 1. The molecule has 0 saturated heterocycles. The summed E-state index contributed by atoms with van der Waals surface area (Å²) in [7, 11) is 5.62. The molecule has 0 fully saturated rings. The summed E-state index contributed by atoms with van der Waals surface area (Å²) in [6, 6.07) is 15.4. The standard InChI is InChI=1S/C20H23N3O3S/c1-23(2)16(14-8-4-6-10-17(14)25-3)12-21-19(24)13-27-20-22-15-9-5-7-11-18(15)26-20/h4-11,16H,12-13H2,1-3H3,(H,21,24). The van der Waals surface area contributed by atoms with Crippen LogP contribution in [-0.4, -0.2) is 49.3 Å². The molecule has 3 rings (SSSR count). The molecule has 0 aliphatic heterocycles. The molecule has 0 radical (unpaired) electrons. The van der Waals surface area contributed by atoms with Gasteiger partial charge >= 0.3 is 0 Å². The summed E-state index contributed by atoms with van der Waals surface area (Å²) in [5.74, 6) is 0.995. The van der Waals surface area contributed by atoms with Gasteiger partial charge in [-0.2, -0.15) is 0 Å². The van der Waals surface area contributed by atoms with E-state index in [1.807, 2.05) is 62.6 Å². The number of thioether (sulfide) groups is 1. The lowest BCUT2D eigenvalue weighted by atomic mass is 10.0. The van der Waals surface area contributed by atoms with E-state index in [4.69, 9.17) is 9.15 Å². The fourth-order valence-corrected chi connectivity index (χ4v) is 3.48. The van der Waals surface area contributed by atoms with Gasteiger partial charge in [0.2, 0.25) is 5.91 Å². The molecule has 1 heterocycles. The summed E-state index contributed by atoms with van der Waals surface area (Å²) in [4.78, 5) is 18.7. The van der Waals surface area contributed by atoms with Crippen molar-refractivity contribution in [1.29, 1.82) is 0 Å². The molecule has 1 unspecified atom stereocenters. The van der Waals surface area contributed by atoms with Gasteiger partial charge in [-0.05, 0) is 32.3 Å². The molecule has 7 heteroatoms. The number of amides is 1. The number of rotatable bonds is 8. The highest BCUT2D eigenvalue weighted by Gasteiger charge is 2.19. The molecule has 0 saturated carbocycles. The average Bonchev–Trinajstić information content (AvgIpc) is 3.09. The zero-order valence-electron chi connectivity index (χ0n) is 15.6. The number of methoxy groups -OCH3 is 1. The lowest BCUT2D eigenvalue weighted by Gasteiger charge is -2.26. The Kier molecular flexibility index (Phi) is 6.36. The van der Waals surface area contributed by atoms with Crippen molar-refractivity contribution in [1.82, 2.24) is 15.2 Å². The van der Waals surface area contributed by atoms with Crippen molar-refractivity contribution >= 4 is 28.8 Å². The lowest BCUT2D eigenvalue weighted by molar-refractivity contribution is -0.118. The van der Waals surface area contributed by atoms with Crippen molar-refractivity contribution in [2.24, 2.45) is 0 Å². The Morgan fingerprint density at radius 3 is 2.70 bits per heavy atom. The first-order chi connectivity index (χ1) is 13.1. The van der Waals surface area contributed by atoms with Gasteiger partial charge in [0.05, 0.1) is 18.9 Å². The molecule has 2 aromatic carbocycles. The third-order valence-electron chi connectivity index (χ3n) is 4.21. The number of hydrogen-bond acceptors (Lipinski definition) is 6. The molecule has 1 aromatic heterocycles. The van der Waals surface area contributed by atoms with E-state index < -0.39 is 0 Å². The molecule has 0 spiro atoms. The third kappa shape index (κ3) is 4.81. The van der Waals surface area contributed by atoms with Crippen molar-refractivity contribution in [3.63, 3.8) is 0 Å². The van der Waals surface area contributed by atoms with Crippen molar-refractivity contribution in [3.8, 4) is 5.75 Å². The Morgan fingerprint density at radius 1 is 1.22 bits per heavy atom. The molecule has 0 aliphatic rings. The van der Waals surface area contributed by atoms with Gasteiger partial charge in [0.15, 0.2) is 5.58 Å². The number of para-hydroxylation sites is 3. The summed E-state index contributed by atoms with van der Waals surface area (Å²) < 4.78 is 11.1. The van der Waals surface area contributed by atoms with Crippen LogP contribution in [0.2, 0.25) is 0 Å². The number of oxazole rings is 1. The van der Waals surface area contributed by atoms with E-state index in [0.29, 0.717) is 11.8 Å². The second-order valence-corrected chi connectivity index (χ2v) is 7.19. The number of hydrogen-bond donors (Lipinski definition) is 1. The normalized spacial score (nSPS) is 12.3. The minimum absolute atomic E-state index is 0.0134. The predicted molar refractivity (Wildman–Crippen MR) is 107 cm³/mol. The second kappa shape index (κ2) is 8.92. The summed E-state index contributed by atoms with van der Waals surface area (Å²) in [6.07, 6.45) is 0. The number of likely N-dealkylation sites (N-methyl/N-ethyl adjacent to an activating group) is 1. The zero-order valence-corrected chi connectivity index (χ0v) is 16.5. The smallest absolute Gasteiger partial charge is 0.257 e. The molecule has 0 aliphatic carbocycles. The van der Waals surface area contributed by atoms with Gasteiger partial charge in [-0.25, -0.2) is 4.98 Å². The second-order valence-electron chi connectivity index (χ2n) is 6.26. The summed E-state index contributed by atoms with van der Waals surface area (Å²) in [6.45, 7) is 0.486. The Bertz CT molecular complexity index is 877. The Hall–Kier alpha value is -2.51. The largest absolute Gasteiger partial charge is 0.496 e. The van der Waals surface area contributed by atoms with Crippen LogP contribution in [0.4, 0.5) is 0 Å². The van der Waals surface area contributed by atoms with Crippen molar-refractivity contribution in [2.45, 2.75) is 11.3 Å². The van der Waals surface area contributed by atoms with Crippen LogP contribution in [0, 0.1) is 0 Å². The van der Waals surface area contributed by atoms with Crippen LogP contribution in [0.25, 0.3) is 11.1 Å². The van der Waals surface area contributed by atoms with Gasteiger partial charge in [-0.15, -0.1) is 0 Å². The Morgan fingerprint density at radius 2 is 1.96 bits per heavy atom. The number of ether oxygens (including phenoxy) is 1. The van der Waals surface area contributed by atoms with E-state index in [-0.39, 0.29) is 17.7 Å². The van der Waals surface area contributed by atoms with Crippen LogP contribution in [0.1, 0.15) is 11.6 Å². The summed E-state index contributed by atoms with van der Waals surface area (Å²) in [5, 5.41) is 3.49. The maximum absolute atomic E-state index is 12.3. The van der Waals surface area contributed by atoms with E-state index >= 15 is 0 Å². The van der Waals surface area contributed by atoms with Crippen molar-refractivity contribution < 1.29 is 13.9 Å². The molecule has 27 heavy (non-hydrogen) atoms. The van der Waals surface area contributed by atoms with Gasteiger partial charge in [0.1, 0.15) is 11.3 Å². The highest BCUT2D eigenvalue weighted by atomic mass is 32.2. The van der Waals surface area contributed by atoms with Crippen molar-refractivity contribution in [2.75, 3.05) is 33.5 Å². The third-order valence-corrected chi connectivity index (χ3v) is 5.04.